The minimum atomic E-state index is -0.381. The van der Waals surface area contributed by atoms with Gasteiger partial charge in [0.2, 0.25) is 0 Å². The molecule has 3 rings (SSSR count). The van der Waals surface area contributed by atoms with E-state index in [1.54, 1.807) is 13.3 Å². The third kappa shape index (κ3) is 4.38. The van der Waals surface area contributed by atoms with Crippen LogP contribution >= 0.6 is 0 Å². The van der Waals surface area contributed by atoms with E-state index in [-0.39, 0.29) is 17.6 Å². The van der Waals surface area contributed by atoms with Crippen LogP contribution in [0, 0.1) is 0 Å². The van der Waals surface area contributed by atoms with Crippen molar-refractivity contribution in [2.75, 3.05) is 20.3 Å². The minimum Gasteiger partial charge on any atom is -0.385 e. The van der Waals surface area contributed by atoms with E-state index in [0.29, 0.717) is 5.56 Å². The molecule has 2 heterocycles. The molecule has 6 heteroatoms. The lowest BCUT2D eigenvalue weighted by Gasteiger charge is -2.36. The fourth-order valence-corrected chi connectivity index (χ4v) is 3.53. The summed E-state index contributed by atoms with van der Waals surface area (Å²) in [5.41, 5.74) is 1.95. The van der Waals surface area contributed by atoms with E-state index in [2.05, 4.69) is 9.97 Å². The molecule has 2 aromatic rings. The predicted molar refractivity (Wildman–Crippen MR) is 100 cm³/mol. The summed E-state index contributed by atoms with van der Waals surface area (Å²) in [6, 6.07) is 7.80. The third-order valence-electron chi connectivity index (χ3n) is 4.89. The summed E-state index contributed by atoms with van der Waals surface area (Å²) in [6.45, 7) is 1.54. The van der Waals surface area contributed by atoms with Crippen LogP contribution in [-0.4, -0.2) is 47.1 Å². The molecule has 0 radical (unpaired) electrons. The average molecular weight is 355 g/mol. The number of carbonyl (C=O) groups is 1. The highest BCUT2D eigenvalue weighted by Gasteiger charge is 2.27. The van der Waals surface area contributed by atoms with E-state index in [0.717, 1.165) is 50.0 Å². The third-order valence-corrected chi connectivity index (χ3v) is 4.89. The molecule has 1 aliphatic rings. The van der Waals surface area contributed by atoms with Gasteiger partial charge in [-0.05, 0) is 49.8 Å². The Balaban J connectivity index is 1.78. The maximum Gasteiger partial charge on any atom is 0.344 e. The number of carbonyl (C=O) groups excluding carboxylic acids is 1. The van der Waals surface area contributed by atoms with Crippen molar-refractivity contribution in [3.8, 4) is 11.1 Å². The summed E-state index contributed by atoms with van der Waals surface area (Å²) in [4.78, 5) is 32.6. The molecule has 0 aliphatic carbocycles. The molecule has 26 heavy (non-hydrogen) atoms. The van der Waals surface area contributed by atoms with Gasteiger partial charge in [0.25, 0.3) is 5.91 Å². The van der Waals surface area contributed by atoms with E-state index < -0.39 is 0 Å². The number of ether oxygens (including phenoxy) is 1. The molecule has 138 valence electrons. The first kappa shape index (κ1) is 18.3. The summed E-state index contributed by atoms with van der Waals surface area (Å²) < 4.78 is 5.15. The van der Waals surface area contributed by atoms with Crippen LogP contribution in [0.4, 0.5) is 0 Å². The molecular formula is C20H25N3O3. The number of hydrogen-bond donors (Lipinski definition) is 1. The van der Waals surface area contributed by atoms with Gasteiger partial charge in [0, 0.05) is 49.8 Å². The topological polar surface area (TPSA) is 75.3 Å². The number of nitrogens with one attached hydrogen (secondary N) is 1. The molecule has 0 spiro atoms. The van der Waals surface area contributed by atoms with Crippen molar-refractivity contribution in [1.29, 1.82) is 0 Å². The minimum absolute atomic E-state index is 0.0753. The number of benzene rings is 1. The average Bonchev–Trinajstić information content (AvgIpc) is 2.69. The van der Waals surface area contributed by atoms with Gasteiger partial charge in [0.05, 0.1) is 0 Å². The highest BCUT2D eigenvalue weighted by atomic mass is 16.5. The van der Waals surface area contributed by atoms with Gasteiger partial charge in [-0.1, -0.05) is 12.1 Å². The summed E-state index contributed by atoms with van der Waals surface area (Å²) in [7, 11) is 1.71. The largest absolute Gasteiger partial charge is 0.385 e. The molecule has 1 N–H and O–H groups in total. The first-order valence-electron chi connectivity index (χ1n) is 9.14. The van der Waals surface area contributed by atoms with Crippen molar-refractivity contribution < 1.29 is 9.53 Å². The van der Waals surface area contributed by atoms with Gasteiger partial charge in [-0.3, -0.25) is 4.79 Å². The van der Waals surface area contributed by atoms with Crippen molar-refractivity contribution in [3.05, 3.63) is 52.7 Å². The lowest BCUT2D eigenvalue weighted by Crippen LogP contribution is -2.43. The second-order valence-electron chi connectivity index (χ2n) is 6.67. The summed E-state index contributed by atoms with van der Waals surface area (Å²) in [6.07, 6.45) is 8.36. The highest BCUT2D eigenvalue weighted by Crippen LogP contribution is 2.25. The fourth-order valence-electron chi connectivity index (χ4n) is 3.53. The Morgan fingerprint density at radius 2 is 2.23 bits per heavy atom. The van der Waals surface area contributed by atoms with Gasteiger partial charge in [-0.25, -0.2) is 9.78 Å². The number of nitrogens with zero attached hydrogens (tertiary/aromatic N) is 2. The quantitative estimate of drug-likeness (QED) is 0.809. The van der Waals surface area contributed by atoms with E-state index in [1.165, 1.54) is 12.6 Å². The Bertz CT molecular complexity index is 782. The smallest absolute Gasteiger partial charge is 0.344 e. The number of piperidine rings is 1. The highest BCUT2D eigenvalue weighted by molar-refractivity contribution is 5.95. The molecule has 6 nitrogen and oxygen atoms in total. The number of H-pyrrole nitrogens is 1. The maximum absolute atomic E-state index is 13.1. The van der Waals surface area contributed by atoms with Gasteiger partial charge < -0.3 is 14.6 Å². The second-order valence-corrected chi connectivity index (χ2v) is 6.67. The summed E-state index contributed by atoms with van der Waals surface area (Å²) in [5.74, 6) is 0.0753. The summed E-state index contributed by atoms with van der Waals surface area (Å²) >= 11 is 0. The molecule has 0 bridgehead atoms. The number of likely N-dealkylation sites (tertiary alicyclic amines) is 1. The molecule has 1 aliphatic heterocycles. The lowest BCUT2D eigenvalue weighted by molar-refractivity contribution is 0.0585. The molecule has 0 unspecified atom stereocenters. The van der Waals surface area contributed by atoms with Crippen molar-refractivity contribution >= 4 is 5.91 Å². The molecule has 1 amide bonds. The van der Waals surface area contributed by atoms with E-state index >= 15 is 0 Å². The van der Waals surface area contributed by atoms with Crippen LogP contribution in [0.5, 0.6) is 0 Å². The van der Waals surface area contributed by atoms with Crippen LogP contribution in [0.3, 0.4) is 0 Å². The molecule has 1 atom stereocenters. The number of rotatable bonds is 6. The standard InChI is InChI=1S/C20H25N3O3/c1-26-11-5-9-18-8-2-3-10-23(18)19(24)16-7-4-6-15(12-16)17-13-21-20(25)22-14-17/h4,6-7,12-14,18H,2-3,5,8-11H2,1H3,(H,21,22,25)/t18-/m1/s1. The number of aromatic amines is 1. The second kappa shape index (κ2) is 8.76. The Kier molecular flexibility index (Phi) is 6.17. The maximum atomic E-state index is 13.1. The first-order chi connectivity index (χ1) is 12.7. The fraction of sp³-hybridized carbons (Fsp3) is 0.450. The number of aromatic nitrogens is 2. The van der Waals surface area contributed by atoms with Crippen LogP contribution in [-0.2, 0) is 4.74 Å². The van der Waals surface area contributed by atoms with Gasteiger partial charge in [-0.2, -0.15) is 0 Å². The normalized spacial score (nSPS) is 17.3. The van der Waals surface area contributed by atoms with Gasteiger partial charge in [-0.15, -0.1) is 0 Å². The van der Waals surface area contributed by atoms with Crippen molar-refractivity contribution in [2.45, 2.75) is 38.1 Å². The Morgan fingerprint density at radius 3 is 3.00 bits per heavy atom. The molecule has 1 saturated heterocycles. The number of methoxy groups -OCH3 is 1. The van der Waals surface area contributed by atoms with Gasteiger partial charge in [0.1, 0.15) is 0 Å². The van der Waals surface area contributed by atoms with Crippen molar-refractivity contribution in [1.82, 2.24) is 14.9 Å². The van der Waals surface area contributed by atoms with Crippen LogP contribution in [0.15, 0.2) is 41.5 Å². The molecule has 1 fully saturated rings. The SMILES string of the molecule is COCCC[C@H]1CCCCN1C(=O)c1cccc(-c2cnc(=O)[nH]c2)c1. The zero-order valence-corrected chi connectivity index (χ0v) is 15.1. The van der Waals surface area contributed by atoms with Gasteiger partial charge in [0.15, 0.2) is 0 Å². The van der Waals surface area contributed by atoms with E-state index in [1.807, 2.05) is 29.2 Å². The lowest BCUT2D eigenvalue weighted by atomic mass is 9.96. The molecule has 1 aromatic heterocycles. The van der Waals surface area contributed by atoms with Crippen LogP contribution < -0.4 is 5.69 Å². The monoisotopic (exact) mass is 355 g/mol. The van der Waals surface area contributed by atoms with Gasteiger partial charge >= 0.3 is 5.69 Å². The van der Waals surface area contributed by atoms with Crippen LogP contribution in [0.25, 0.3) is 11.1 Å². The van der Waals surface area contributed by atoms with E-state index in [9.17, 15) is 9.59 Å². The van der Waals surface area contributed by atoms with Crippen molar-refractivity contribution in [3.63, 3.8) is 0 Å². The van der Waals surface area contributed by atoms with Crippen LogP contribution in [0.2, 0.25) is 0 Å². The molecule has 0 saturated carbocycles. The zero-order valence-electron chi connectivity index (χ0n) is 15.1. The summed E-state index contributed by atoms with van der Waals surface area (Å²) in [5, 5.41) is 0. The zero-order chi connectivity index (χ0) is 18.4. The number of amides is 1. The Morgan fingerprint density at radius 1 is 1.35 bits per heavy atom. The molecule has 1 aromatic carbocycles. The number of hydrogen-bond acceptors (Lipinski definition) is 4. The van der Waals surface area contributed by atoms with Crippen LogP contribution in [0.1, 0.15) is 42.5 Å². The Hall–Kier alpha value is -2.47. The van der Waals surface area contributed by atoms with E-state index in [4.69, 9.17) is 4.74 Å². The molecular weight excluding hydrogens is 330 g/mol. The first-order valence-corrected chi connectivity index (χ1v) is 9.14. The van der Waals surface area contributed by atoms with Crippen molar-refractivity contribution in [2.24, 2.45) is 0 Å². The predicted octanol–water partition coefficient (Wildman–Crippen LogP) is 2.86. The Labute approximate surface area is 153 Å².